The van der Waals surface area contributed by atoms with E-state index in [2.05, 4.69) is 0 Å². The molecule has 0 aromatic heterocycles. The fraction of sp³-hybridized carbons (Fsp3) is 0.556. The Morgan fingerprint density at radius 2 is 1.27 bits per heavy atom. The second-order valence-electron chi connectivity index (χ2n) is 13.3. The normalized spacial score (nSPS) is 30.5. The summed E-state index contributed by atoms with van der Waals surface area (Å²) in [6, 6.07) is 14.6. The van der Waals surface area contributed by atoms with Gasteiger partial charge in [0.15, 0.2) is 11.7 Å². The number of ether oxygens (including phenoxy) is 5. The van der Waals surface area contributed by atoms with Crippen LogP contribution in [0.25, 0.3) is 0 Å². The number of carbonyl (C=O) groups excluding carboxylic acids is 4. The average molecular weight is 619 g/mol. The Labute approximate surface area is 263 Å². The predicted molar refractivity (Wildman–Crippen MR) is 162 cm³/mol. The molecule has 9 heteroatoms. The molecule has 5 fully saturated rings. The van der Waals surface area contributed by atoms with Crippen molar-refractivity contribution in [1.29, 1.82) is 0 Å². The van der Waals surface area contributed by atoms with Crippen LogP contribution in [0.5, 0.6) is 11.5 Å². The molecule has 9 nitrogen and oxygen atoms in total. The van der Waals surface area contributed by atoms with E-state index in [0.29, 0.717) is 28.9 Å². The van der Waals surface area contributed by atoms with Gasteiger partial charge in [0.2, 0.25) is 0 Å². The molecule has 7 rings (SSSR count). The van der Waals surface area contributed by atoms with Crippen molar-refractivity contribution in [3.05, 3.63) is 59.7 Å². The Morgan fingerprint density at radius 3 is 1.76 bits per heavy atom. The summed E-state index contributed by atoms with van der Waals surface area (Å²) < 4.78 is 27.0. The maximum Gasteiger partial charge on any atom is 0.320 e. The number of Topliss-reactive ketones (excluding diaryl/α,β-unsaturated/α-hetero) is 1. The molecule has 0 N–H and O–H groups in total. The Balaban J connectivity index is 1.46. The fourth-order valence-corrected chi connectivity index (χ4v) is 9.23. The number of ketones is 1. The molecule has 0 spiro atoms. The molecule has 2 aromatic carbocycles. The first kappa shape index (κ1) is 31.1. The number of carbonyl (C=O) groups is 4. The summed E-state index contributed by atoms with van der Waals surface area (Å²) in [7, 11) is 5.59. The lowest BCUT2D eigenvalue weighted by molar-refractivity contribution is -0.159. The molecule has 0 radical (unpaired) electrons. The van der Waals surface area contributed by atoms with Crippen LogP contribution in [0.4, 0.5) is 0 Å². The molecule has 1 aliphatic heterocycles. The molecule has 4 bridgehead atoms. The summed E-state index contributed by atoms with van der Waals surface area (Å²) in [5, 5.41) is 0. The van der Waals surface area contributed by atoms with Gasteiger partial charge in [-0.3, -0.25) is 19.2 Å². The molecule has 2 aromatic rings. The van der Waals surface area contributed by atoms with Crippen LogP contribution in [0, 0.1) is 47.3 Å². The monoisotopic (exact) mass is 618 g/mol. The maximum atomic E-state index is 14.8. The van der Waals surface area contributed by atoms with Crippen LogP contribution >= 0.6 is 0 Å². The zero-order valence-corrected chi connectivity index (χ0v) is 26.3. The third-order valence-electron chi connectivity index (χ3n) is 11.0. The summed E-state index contributed by atoms with van der Waals surface area (Å²) in [6.07, 6.45) is 4.56. The first-order chi connectivity index (χ1) is 21.8. The van der Waals surface area contributed by atoms with E-state index in [-0.39, 0.29) is 30.0 Å². The van der Waals surface area contributed by atoms with E-state index in [1.807, 2.05) is 24.3 Å². The largest absolute Gasteiger partial charge is 0.497 e. The Morgan fingerprint density at radius 1 is 0.756 bits per heavy atom. The van der Waals surface area contributed by atoms with Crippen LogP contribution in [-0.2, 0) is 33.4 Å². The first-order valence-electron chi connectivity index (χ1n) is 15.9. The molecule has 4 aliphatic carbocycles. The van der Waals surface area contributed by atoms with Gasteiger partial charge < -0.3 is 23.7 Å². The van der Waals surface area contributed by atoms with Crippen molar-refractivity contribution in [2.75, 3.05) is 28.4 Å². The third-order valence-corrected chi connectivity index (χ3v) is 11.0. The van der Waals surface area contributed by atoms with Gasteiger partial charge in [0.05, 0.1) is 28.4 Å². The Hall–Kier alpha value is -3.88. The van der Waals surface area contributed by atoms with Gasteiger partial charge in [-0.15, -0.1) is 0 Å². The standard InChI is InChI=1S/C36H42O9/c1-41-25-9-5-21(6-10-25)27(18-28(34(38)43-3)35(39)44-4)30-31(36(40)45-33(30)22-7-11-26(42-2)12-8-22)32(37)29-23-14-19-13-20(16-23)17-24(29)15-19/h5-12,19-20,23-24,27-31,33H,13-18H2,1-4H3/t19?,20?,23?,24?,27-,29?,30+,31-,33-/m1/s1. The molecular weight excluding hydrogens is 576 g/mol. The zero-order valence-electron chi connectivity index (χ0n) is 26.3. The molecule has 45 heavy (non-hydrogen) atoms. The molecule has 0 unspecified atom stereocenters. The number of hydrogen-bond acceptors (Lipinski definition) is 9. The van der Waals surface area contributed by atoms with Gasteiger partial charge in [0.25, 0.3) is 0 Å². The van der Waals surface area contributed by atoms with Gasteiger partial charge in [0, 0.05) is 11.8 Å². The maximum absolute atomic E-state index is 14.8. The van der Waals surface area contributed by atoms with Gasteiger partial charge >= 0.3 is 17.9 Å². The molecule has 4 atom stereocenters. The van der Waals surface area contributed by atoms with Crippen molar-refractivity contribution < 1.29 is 42.9 Å². The fourth-order valence-electron chi connectivity index (χ4n) is 9.23. The minimum Gasteiger partial charge on any atom is -0.497 e. The summed E-state index contributed by atoms with van der Waals surface area (Å²) >= 11 is 0. The summed E-state index contributed by atoms with van der Waals surface area (Å²) in [5.41, 5.74) is 1.46. The molecule has 5 aliphatic rings. The number of methoxy groups -OCH3 is 4. The van der Waals surface area contributed by atoms with Gasteiger partial charge in [-0.2, -0.15) is 0 Å². The first-order valence-corrected chi connectivity index (χ1v) is 15.9. The van der Waals surface area contributed by atoms with E-state index in [4.69, 9.17) is 23.7 Å². The molecule has 0 amide bonds. The number of benzene rings is 2. The van der Waals surface area contributed by atoms with E-state index in [1.54, 1.807) is 38.5 Å². The molecule has 240 valence electrons. The number of esters is 3. The SMILES string of the molecule is COC(=O)C(C[C@H](c1ccc(OC)cc1)[C@H]1[C@H](C(=O)C2C3CC4CC(C3)CC2C4)C(=O)O[C@@H]1c1ccc(OC)cc1)C(=O)OC. The average Bonchev–Trinajstić information content (AvgIpc) is 3.40. The van der Waals surface area contributed by atoms with E-state index in [1.165, 1.54) is 20.6 Å². The topological polar surface area (TPSA) is 114 Å². The highest BCUT2D eigenvalue weighted by atomic mass is 16.6. The summed E-state index contributed by atoms with van der Waals surface area (Å²) in [6.45, 7) is 0. The smallest absolute Gasteiger partial charge is 0.320 e. The summed E-state index contributed by atoms with van der Waals surface area (Å²) in [5.74, 6) is -2.75. The van der Waals surface area contributed by atoms with Gasteiger partial charge in [0.1, 0.15) is 23.5 Å². The highest BCUT2D eigenvalue weighted by Gasteiger charge is 2.59. The lowest BCUT2D eigenvalue weighted by atomic mass is 9.50. The van der Waals surface area contributed by atoms with Crippen LogP contribution < -0.4 is 9.47 Å². The van der Waals surface area contributed by atoms with Crippen molar-refractivity contribution in [1.82, 2.24) is 0 Å². The molecule has 1 saturated heterocycles. The van der Waals surface area contributed by atoms with Crippen LogP contribution in [0.1, 0.15) is 61.7 Å². The number of hydrogen-bond donors (Lipinski definition) is 0. The lowest BCUT2D eigenvalue weighted by Crippen LogP contribution is -2.50. The highest BCUT2D eigenvalue weighted by molar-refractivity contribution is 6.02. The van der Waals surface area contributed by atoms with E-state index in [0.717, 1.165) is 31.2 Å². The van der Waals surface area contributed by atoms with E-state index < -0.39 is 47.7 Å². The number of cyclic esters (lactones) is 1. The predicted octanol–water partition coefficient (Wildman–Crippen LogP) is 5.31. The zero-order chi connectivity index (χ0) is 31.8. The van der Waals surface area contributed by atoms with Crippen molar-refractivity contribution in [3.8, 4) is 11.5 Å². The second-order valence-corrected chi connectivity index (χ2v) is 13.3. The van der Waals surface area contributed by atoms with Crippen molar-refractivity contribution in [2.45, 2.75) is 50.5 Å². The minimum absolute atomic E-state index is 0.0366. The van der Waals surface area contributed by atoms with Crippen LogP contribution in [0.15, 0.2) is 48.5 Å². The van der Waals surface area contributed by atoms with Crippen molar-refractivity contribution >= 4 is 23.7 Å². The molecule has 1 heterocycles. The van der Waals surface area contributed by atoms with Gasteiger partial charge in [-0.1, -0.05) is 24.3 Å². The van der Waals surface area contributed by atoms with Gasteiger partial charge in [-0.25, -0.2) is 0 Å². The quantitative estimate of drug-likeness (QED) is 0.188. The van der Waals surface area contributed by atoms with Crippen LogP contribution in [-0.4, -0.2) is 52.1 Å². The third kappa shape index (κ3) is 5.82. The van der Waals surface area contributed by atoms with Crippen molar-refractivity contribution in [3.63, 3.8) is 0 Å². The Bertz CT molecular complexity index is 1370. The molecular formula is C36H42O9. The summed E-state index contributed by atoms with van der Waals surface area (Å²) in [4.78, 5) is 54.8. The number of rotatable bonds is 11. The van der Waals surface area contributed by atoms with Crippen LogP contribution in [0.2, 0.25) is 0 Å². The highest BCUT2D eigenvalue weighted by Crippen LogP contribution is 2.59. The molecule has 4 saturated carbocycles. The van der Waals surface area contributed by atoms with E-state index >= 15 is 0 Å². The Kier molecular flexibility index (Phi) is 8.89. The van der Waals surface area contributed by atoms with Crippen molar-refractivity contribution in [2.24, 2.45) is 47.3 Å². The van der Waals surface area contributed by atoms with Gasteiger partial charge in [-0.05, 0) is 104 Å². The minimum atomic E-state index is -1.27. The van der Waals surface area contributed by atoms with Crippen LogP contribution in [0.3, 0.4) is 0 Å². The second kappa shape index (κ2) is 12.9. The lowest BCUT2D eigenvalue weighted by Gasteiger charge is -2.54. The van der Waals surface area contributed by atoms with E-state index in [9.17, 15) is 19.2 Å².